The Labute approximate surface area is 135 Å². The van der Waals surface area contributed by atoms with E-state index in [1.165, 1.54) is 12.1 Å². The van der Waals surface area contributed by atoms with Crippen LogP contribution < -0.4 is 5.32 Å². The first kappa shape index (κ1) is 16.6. The summed E-state index contributed by atoms with van der Waals surface area (Å²) in [5.41, 5.74) is 2.43. The summed E-state index contributed by atoms with van der Waals surface area (Å²) >= 11 is 0. The molecule has 0 amide bonds. The van der Waals surface area contributed by atoms with Gasteiger partial charge in [0.15, 0.2) is 4.91 Å². The van der Waals surface area contributed by atoms with Gasteiger partial charge in [0.05, 0.1) is 4.90 Å². The van der Waals surface area contributed by atoms with Gasteiger partial charge in [-0.25, -0.2) is 18.4 Å². The second kappa shape index (κ2) is 6.58. The number of nitriles is 1. The fourth-order valence-corrected chi connectivity index (χ4v) is 3.02. The normalized spacial score (nSPS) is 11.8. The molecule has 0 spiro atoms. The van der Waals surface area contributed by atoms with Crippen molar-refractivity contribution in [3.05, 3.63) is 58.4 Å². The smallest absolute Gasteiger partial charge is 0.227 e. The average molecular weight is 328 g/mol. The van der Waals surface area contributed by atoms with Crippen LogP contribution in [0.15, 0.2) is 46.3 Å². The molecule has 0 aliphatic heterocycles. The summed E-state index contributed by atoms with van der Waals surface area (Å²) < 4.78 is 24.9. The number of aryl methyl sites for hydroxylation is 3. The van der Waals surface area contributed by atoms with Crippen LogP contribution in [0.3, 0.4) is 0 Å². The third-order valence-electron chi connectivity index (χ3n) is 3.05. The summed E-state index contributed by atoms with van der Waals surface area (Å²) in [6, 6.07) is 9.82. The molecule has 1 heterocycles. The van der Waals surface area contributed by atoms with Crippen molar-refractivity contribution in [2.45, 2.75) is 25.7 Å². The number of sulfone groups is 1. The summed E-state index contributed by atoms with van der Waals surface area (Å²) in [5.74, 6) is 0.245. The molecular weight excluding hydrogens is 312 g/mol. The lowest BCUT2D eigenvalue weighted by Crippen LogP contribution is -2.07. The zero-order valence-corrected chi connectivity index (χ0v) is 13.8. The minimum Gasteiger partial charge on any atom is -0.329 e. The Bertz CT molecular complexity index is 874. The number of hydrogen-bond acceptors (Lipinski definition) is 6. The predicted octanol–water partition coefficient (Wildman–Crippen LogP) is 2.65. The van der Waals surface area contributed by atoms with E-state index in [-0.39, 0.29) is 10.8 Å². The van der Waals surface area contributed by atoms with Gasteiger partial charge >= 0.3 is 0 Å². The molecule has 7 heteroatoms. The number of aromatic nitrogens is 2. The maximum atomic E-state index is 12.5. The molecule has 0 saturated heterocycles. The van der Waals surface area contributed by atoms with Crippen LogP contribution >= 0.6 is 0 Å². The second-order valence-corrected chi connectivity index (χ2v) is 6.97. The Balaban J connectivity index is 2.35. The topological polar surface area (TPSA) is 95.7 Å². The van der Waals surface area contributed by atoms with Crippen molar-refractivity contribution in [2.75, 3.05) is 5.32 Å². The van der Waals surface area contributed by atoms with Crippen LogP contribution in [0.5, 0.6) is 0 Å². The predicted molar refractivity (Wildman–Crippen MR) is 87.2 cm³/mol. The molecule has 23 heavy (non-hydrogen) atoms. The zero-order chi connectivity index (χ0) is 17.0. The van der Waals surface area contributed by atoms with E-state index in [2.05, 4.69) is 15.3 Å². The lowest BCUT2D eigenvalue weighted by Gasteiger charge is -2.05. The van der Waals surface area contributed by atoms with Crippen molar-refractivity contribution >= 4 is 15.8 Å². The highest BCUT2D eigenvalue weighted by atomic mass is 32.2. The third-order valence-corrected chi connectivity index (χ3v) is 4.73. The summed E-state index contributed by atoms with van der Waals surface area (Å²) in [6.07, 6.45) is 1.11. The van der Waals surface area contributed by atoms with Crippen molar-refractivity contribution < 1.29 is 8.42 Å². The van der Waals surface area contributed by atoms with Crippen LogP contribution in [0, 0.1) is 32.1 Å². The van der Waals surface area contributed by atoms with E-state index < -0.39 is 14.7 Å². The summed E-state index contributed by atoms with van der Waals surface area (Å²) in [4.78, 5) is 7.94. The number of hydrogen-bond donors (Lipinski definition) is 1. The highest BCUT2D eigenvalue weighted by molar-refractivity contribution is 7.95. The van der Waals surface area contributed by atoms with Crippen molar-refractivity contribution in [1.29, 1.82) is 5.26 Å². The molecule has 0 saturated carbocycles. The van der Waals surface area contributed by atoms with Gasteiger partial charge in [0.2, 0.25) is 15.8 Å². The van der Waals surface area contributed by atoms with Crippen LogP contribution in [0.1, 0.15) is 17.0 Å². The molecule has 0 fully saturated rings. The van der Waals surface area contributed by atoms with Crippen LogP contribution in [-0.2, 0) is 9.84 Å². The number of anilines is 1. The molecular formula is C16H16N4O2S. The first-order valence-corrected chi connectivity index (χ1v) is 8.32. The molecule has 1 N–H and O–H groups in total. The first-order valence-electron chi connectivity index (χ1n) is 6.84. The Morgan fingerprint density at radius 3 is 2.22 bits per heavy atom. The van der Waals surface area contributed by atoms with E-state index in [1.54, 1.807) is 38.1 Å². The van der Waals surface area contributed by atoms with Gasteiger partial charge in [-0.2, -0.15) is 5.26 Å². The minimum atomic E-state index is -3.88. The molecule has 118 valence electrons. The van der Waals surface area contributed by atoms with Gasteiger partial charge < -0.3 is 5.32 Å². The van der Waals surface area contributed by atoms with E-state index >= 15 is 0 Å². The van der Waals surface area contributed by atoms with Crippen molar-refractivity contribution in [1.82, 2.24) is 9.97 Å². The van der Waals surface area contributed by atoms with Gasteiger partial charge in [-0.1, -0.05) is 17.7 Å². The van der Waals surface area contributed by atoms with Crippen molar-refractivity contribution in [2.24, 2.45) is 0 Å². The van der Waals surface area contributed by atoms with Gasteiger partial charge in [0.25, 0.3) is 0 Å². The zero-order valence-electron chi connectivity index (χ0n) is 13.0. The van der Waals surface area contributed by atoms with Crippen LogP contribution in [0.2, 0.25) is 0 Å². The summed E-state index contributed by atoms with van der Waals surface area (Å²) in [7, 11) is -3.88. The molecule has 0 radical (unpaired) electrons. The van der Waals surface area contributed by atoms with Crippen molar-refractivity contribution in [3.63, 3.8) is 0 Å². The monoisotopic (exact) mass is 328 g/mol. The quantitative estimate of drug-likeness (QED) is 0.867. The van der Waals surface area contributed by atoms with Gasteiger partial charge in [-0.15, -0.1) is 0 Å². The molecule has 2 rings (SSSR count). The highest BCUT2D eigenvalue weighted by Gasteiger charge is 2.20. The standard InChI is InChI=1S/C16H16N4O2S/c1-11-4-6-14(7-5-11)23(21,22)15(9-17)10-18-16-19-12(2)8-13(3)20-16/h4-8,10H,1-3H3,(H,18,19,20). The Kier molecular flexibility index (Phi) is 4.77. The first-order chi connectivity index (χ1) is 10.8. The lowest BCUT2D eigenvalue weighted by molar-refractivity contribution is 0.603. The van der Waals surface area contributed by atoms with Crippen LogP contribution in [-0.4, -0.2) is 18.4 Å². The molecule has 2 aromatic rings. The van der Waals surface area contributed by atoms with Crippen LogP contribution in [0.25, 0.3) is 0 Å². The van der Waals surface area contributed by atoms with Crippen molar-refractivity contribution in [3.8, 4) is 6.07 Å². The van der Waals surface area contributed by atoms with Gasteiger partial charge in [0, 0.05) is 17.6 Å². The van der Waals surface area contributed by atoms with E-state index in [1.807, 2.05) is 6.92 Å². The number of nitrogens with zero attached hydrogens (tertiary/aromatic N) is 3. The highest BCUT2D eigenvalue weighted by Crippen LogP contribution is 2.19. The molecule has 0 aliphatic rings. The number of benzene rings is 1. The Morgan fingerprint density at radius 2 is 1.70 bits per heavy atom. The Hall–Kier alpha value is -2.72. The summed E-state index contributed by atoms with van der Waals surface area (Å²) in [5, 5.41) is 11.9. The van der Waals surface area contributed by atoms with E-state index in [0.29, 0.717) is 0 Å². The third kappa shape index (κ3) is 3.93. The number of allylic oxidation sites excluding steroid dienone is 1. The van der Waals surface area contributed by atoms with E-state index in [4.69, 9.17) is 0 Å². The van der Waals surface area contributed by atoms with Gasteiger partial charge in [0.1, 0.15) is 6.07 Å². The molecule has 1 aromatic carbocycles. The SMILES string of the molecule is Cc1ccc(S(=O)(=O)C(C#N)=CNc2nc(C)cc(C)n2)cc1. The van der Waals surface area contributed by atoms with E-state index in [0.717, 1.165) is 23.2 Å². The Morgan fingerprint density at radius 1 is 1.13 bits per heavy atom. The molecule has 0 bridgehead atoms. The molecule has 0 atom stereocenters. The fourth-order valence-electron chi connectivity index (χ4n) is 1.93. The second-order valence-electron chi connectivity index (χ2n) is 5.06. The fraction of sp³-hybridized carbons (Fsp3) is 0.188. The average Bonchev–Trinajstić information content (AvgIpc) is 2.47. The molecule has 6 nitrogen and oxygen atoms in total. The summed E-state index contributed by atoms with van der Waals surface area (Å²) in [6.45, 7) is 5.46. The number of nitrogens with one attached hydrogen (secondary N) is 1. The van der Waals surface area contributed by atoms with Gasteiger partial charge in [-0.3, -0.25) is 0 Å². The maximum Gasteiger partial charge on any atom is 0.227 e. The molecule has 0 aliphatic carbocycles. The van der Waals surface area contributed by atoms with Gasteiger partial charge in [-0.05, 0) is 39.0 Å². The number of rotatable bonds is 4. The van der Waals surface area contributed by atoms with Crippen LogP contribution in [0.4, 0.5) is 5.95 Å². The minimum absolute atomic E-state index is 0.0686. The maximum absolute atomic E-state index is 12.5. The van der Waals surface area contributed by atoms with E-state index in [9.17, 15) is 13.7 Å². The largest absolute Gasteiger partial charge is 0.329 e. The molecule has 0 unspecified atom stereocenters. The molecule has 1 aromatic heterocycles. The lowest BCUT2D eigenvalue weighted by atomic mass is 10.2.